The predicted octanol–water partition coefficient (Wildman–Crippen LogP) is 2.12. The molecule has 0 aliphatic carbocycles. The average Bonchev–Trinajstić information content (AvgIpc) is 3.37. The molecule has 4 heterocycles. The predicted molar refractivity (Wildman–Crippen MR) is 114 cm³/mol. The molecule has 0 amide bonds. The maximum atomic E-state index is 12.3. The summed E-state index contributed by atoms with van der Waals surface area (Å²) in [7, 11) is 1.78. The van der Waals surface area contributed by atoms with E-state index in [0.717, 1.165) is 24.9 Å². The lowest BCUT2D eigenvalue weighted by molar-refractivity contribution is -0.148. The lowest BCUT2D eigenvalue weighted by Crippen LogP contribution is -2.40. The van der Waals surface area contributed by atoms with E-state index in [4.69, 9.17) is 24.9 Å². The molecule has 10 nitrogen and oxygen atoms in total. The number of aromatic nitrogens is 4. The molecular weight excluding hydrogens is 400 g/mol. The molecule has 31 heavy (non-hydrogen) atoms. The molecule has 0 spiro atoms. The Bertz CT molecular complexity index is 1160. The van der Waals surface area contributed by atoms with Gasteiger partial charge in [-0.15, -0.1) is 0 Å². The maximum Gasteiger partial charge on any atom is 0.310 e. The highest BCUT2D eigenvalue weighted by atomic mass is 16.7. The minimum Gasteiger partial charge on any atom is -0.466 e. The van der Waals surface area contributed by atoms with E-state index < -0.39 is 0 Å². The highest BCUT2D eigenvalue weighted by molar-refractivity contribution is 5.99. The van der Waals surface area contributed by atoms with Crippen LogP contribution in [0.5, 0.6) is 11.5 Å². The number of carbonyl (C=O) groups is 1. The van der Waals surface area contributed by atoms with Crippen molar-refractivity contribution < 1.29 is 19.0 Å². The van der Waals surface area contributed by atoms with Crippen molar-refractivity contribution in [3.8, 4) is 22.8 Å². The number of hydrogen-bond acceptors (Lipinski definition) is 9. The molecule has 0 unspecified atom stereocenters. The molecule has 2 aliphatic rings. The lowest BCUT2D eigenvalue weighted by atomic mass is 9.98. The fourth-order valence-electron chi connectivity index (χ4n) is 4.11. The van der Waals surface area contributed by atoms with E-state index in [2.05, 4.69) is 10.1 Å². The van der Waals surface area contributed by atoms with Crippen LogP contribution in [-0.2, 0) is 16.6 Å². The van der Waals surface area contributed by atoms with Gasteiger partial charge in [-0.2, -0.15) is 10.1 Å². The molecule has 2 N–H and O–H groups in total. The molecule has 1 fully saturated rings. The number of carbonyl (C=O) groups excluding carboxylic acids is 1. The zero-order valence-electron chi connectivity index (χ0n) is 17.5. The van der Waals surface area contributed by atoms with Crippen LogP contribution in [0.1, 0.15) is 19.8 Å². The molecule has 162 valence electrons. The monoisotopic (exact) mass is 424 g/mol. The van der Waals surface area contributed by atoms with E-state index in [-0.39, 0.29) is 18.7 Å². The van der Waals surface area contributed by atoms with Gasteiger partial charge in [-0.3, -0.25) is 9.48 Å². The summed E-state index contributed by atoms with van der Waals surface area (Å²) in [5, 5.41) is 5.16. The molecule has 0 radical (unpaired) electrons. The van der Waals surface area contributed by atoms with Crippen LogP contribution in [0.15, 0.2) is 18.2 Å². The van der Waals surface area contributed by atoms with Gasteiger partial charge < -0.3 is 24.8 Å². The zero-order valence-corrected chi connectivity index (χ0v) is 17.5. The van der Waals surface area contributed by atoms with Crippen LogP contribution in [0.4, 0.5) is 11.8 Å². The summed E-state index contributed by atoms with van der Waals surface area (Å²) in [5.74, 6) is 1.99. The fraction of sp³-hybridized carbons (Fsp3) is 0.429. The van der Waals surface area contributed by atoms with Crippen LogP contribution in [0.3, 0.4) is 0 Å². The molecule has 3 aromatic rings. The van der Waals surface area contributed by atoms with Gasteiger partial charge in [-0.1, -0.05) is 0 Å². The van der Waals surface area contributed by atoms with E-state index in [0.29, 0.717) is 53.1 Å². The van der Waals surface area contributed by atoms with Gasteiger partial charge in [0, 0.05) is 25.7 Å². The van der Waals surface area contributed by atoms with Crippen molar-refractivity contribution in [2.45, 2.75) is 19.8 Å². The largest absolute Gasteiger partial charge is 0.466 e. The van der Waals surface area contributed by atoms with Crippen molar-refractivity contribution in [3.05, 3.63) is 18.2 Å². The summed E-state index contributed by atoms with van der Waals surface area (Å²) in [6.07, 6.45) is 1.65. The first-order valence-corrected chi connectivity index (χ1v) is 10.4. The molecule has 10 heteroatoms. The summed E-state index contributed by atoms with van der Waals surface area (Å²) in [6, 6.07) is 5.66. The van der Waals surface area contributed by atoms with Gasteiger partial charge in [-0.25, -0.2) is 4.98 Å². The first kappa shape index (κ1) is 19.4. The second kappa shape index (κ2) is 7.60. The van der Waals surface area contributed by atoms with E-state index in [1.54, 1.807) is 11.7 Å². The Labute approximate surface area is 178 Å². The highest BCUT2D eigenvalue weighted by Gasteiger charge is 2.29. The molecule has 1 saturated heterocycles. The Morgan fingerprint density at radius 3 is 2.97 bits per heavy atom. The van der Waals surface area contributed by atoms with Gasteiger partial charge in [0.15, 0.2) is 17.1 Å². The van der Waals surface area contributed by atoms with E-state index >= 15 is 0 Å². The van der Waals surface area contributed by atoms with Crippen molar-refractivity contribution in [1.82, 2.24) is 19.7 Å². The summed E-state index contributed by atoms with van der Waals surface area (Å²) in [5.41, 5.74) is 8.31. The number of aryl methyl sites for hydroxylation is 1. The SMILES string of the molecule is CCOC(=O)[C@@H]1CCCN(c2nc(-c3ccc4c(c3)OCO4)c3c(N)n(C)nc3n2)C1. The minimum atomic E-state index is -0.198. The van der Waals surface area contributed by atoms with Gasteiger partial charge >= 0.3 is 5.97 Å². The topological polar surface area (TPSA) is 118 Å². The summed E-state index contributed by atoms with van der Waals surface area (Å²) in [6.45, 7) is 3.65. The van der Waals surface area contributed by atoms with Crippen molar-refractivity contribution in [2.75, 3.05) is 37.1 Å². The van der Waals surface area contributed by atoms with Crippen LogP contribution < -0.4 is 20.1 Å². The zero-order chi connectivity index (χ0) is 21.5. The number of hydrogen-bond donors (Lipinski definition) is 1. The molecule has 5 rings (SSSR count). The first-order chi connectivity index (χ1) is 15.0. The number of anilines is 2. The summed E-state index contributed by atoms with van der Waals surface area (Å²) in [4.78, 5) is 23.8. The Kier molecular flexibility index (Phi) is 4.76. The molecule has 2 aliphatic heterocycles. The molecule has 1 aromatic carbocycles. The number of nitrogens with two attached hydrogens (primary N) is 1. The van der Waals surface area contributed by atoms with E-state index in [1.165, 1.54) is 0 Å². The van der Waals surface area contributed by atoms with Crippen LogP contribution in [0.2, 0.25) is 0 Å². The Morgan fingerprint density at radius 2 is 2.13 bits per heavy atom. The number of nitrogen functional groups attached to an aromatic ring is 1. The van der Waals surface area contributed by atoms with Crippen LogP contribution in [0.25, 0.3) is 22.3 Å². The fourth-order valence-corrected chi connectivity index (χ4v) is 4.11. The number of esters is 1. The standard InChI is InChI=1S/C21H24N6O4/c1-3-29-20(28)13-5-4-8-27(10-13)21-23-17(16-18(22)26(2)25-19(16)24-21)12-6-7-14-15(9-12)31-11-30-14/h6-7,9,13H,3-5,8,10-11,22H2,1-2H3/t13-/m1/s1. The van der Waals surface area contributed by atoms with Crippen molar-refractivity contribution in [3.63, 3.8) is 0 Å². The normalized spacial score (nSPS) is 17.9. The lowest BCUT2D eigenvalue weighted by Gasteiger charge is -2.31. The number of nitrogens with zero attached hydrogens (tertiary/aromatic N) is 5. The van der Waals surface area contributed by atoms with Gasteiger partial charge in [0.2, 0.25) is 12.7 Å². The van der Waals surface area contributed by atoms with Gasteiger partial charge in [0.05, 0.1) is 23.6 Å². The Hall–Kier alpha value is -3.56. The number of piperidine rings is 1. The molecule has 1 atom stereocenters. The van der Waals surface area contributed by atoms with E-state index in [9.17, 15) is 4.79 Å². The van der Waals surface area contributed by atoms with Gasteiger partial charge in [-0.05, 0) is 38.0 Å². The third-order valence-electron chi connectivity index (χ3n) is 5.70. The maximum absolute atomic E-state index is 12.3. The minimum absolute atomic E-state index is 0.175. The Balaban J connectivity index is 1.58. The van der Waals surface area contributed by atoms with Gasteiger partial charge in [0.1, 0.15) is 5.82 Å². The van der Waals surface area contributed by atoms with Crippen LogP contribution in [-0.4, -0.2) is 52.2 Å². The van der Waals surface area contributed by atoms with Crippen molar-refractivity contribution >= 4 is 28.8 Å². The number of benzene rings is 1. The number of rotatable bonds is 4. The van der Waals surface area contributed by atoms with Crippen LogP contribution >= 0.6 is 0 Å². The summed E-state index contributed by atoms with van der Waals surface area (Å²) < 4.78 is 17.8. The van der Waals surface area contributed by atoms with E-state index in [1.807, 2.05) is 30.0 Å². The molecule has 2 aromatic heterocycles. The highest BCUT2D eigenvalue weighted by Crippen LogP contribution is 2.39. The third-order valence-corrected chi connectivity index (χ3v) is 5.70. The number of fused-ring (bicyclic) bond motifs is 2. The Morgan fingerprint density at radius 1 is 1.29 bits per heavy atom. The quantitative estimate of drug-likeness (QED) is 0.628. The third kappa shape index (κ3) is 3.37. The summed E-state index contributed by atoms with van der Waals surface area (Å²) >= 11 is 0. The van der Waals surface area contributed by atoms with Gasteiger partial charge in [0.25, 0.3) is 0 Å². The molecular formula is C21H24N6O4. The van der Waals surface area contributed by atoms with Crippen molar-refractivity contribution in [2.24, 2.45) is 13.0 Å². The smallest absolute Gasteiger partial charge is 0.310 e. The first-order valence-electron chi connectivity index (χ1n) is 10.4. The average molecular weight is 424 g/mol. The number of ether oxygens (including phenoxy) is 3. The van der Waals surface area contributed by atoms with Crippen molar-refractivity contribution in [1.29, 1.82) is 0 Å². The van der Waals surface area contributed by atoms with Crippen LogP contribution in [0, 0.1) is 5.92 Å². The second-order valence-electron chi connectivity index (χ2n) is 7.68. The molecule has 0 bridgehead atoms. The molecule has 0 saturated carbocycles. The second-order valence-corrected chi connectivity index (χ2v) is 7.68.